The molecule has 1 aliphatic rings. The van der Waals surface area contributed by atoms with E-state index < -0.39 is 6.10 Å². The summed E-state index contributed by atoms with van der Waals surface area (Å²) in [5.74, 6) is 0.631. The fraction of sp³-hybridized carbons (Fsp3) is 0.364. The van der Waals surface area contributed by atoms with Crippen LogP contribution in [0, 0.1) is 6.92 Å². The molecule has 0 bridgehead atoms. The maximum atomic E-state index is 12.6. The van der Waals surface area contributed by atoms with E-state index in [4.69, 9.17) is 4.74 Å². The van der Waals surface area contributed by atoms with Crippen LogP contribution in [0.25, 0.3) is 0 Å². The molecule has 27 heavy (non-hydrogen) atoms. The van der Waals surface area contributed by atoms with Crippen molar-refractivity contribution >= 4 is 11.8 Å². The van der Waals surface area contributed by atoms with Crippen LogP contribution in [-0.4, -0.2) is 41.9 Å². The lowest BCUT2D eigenvalue weighted by Crippen LogP contribution is -2.49. The van der Waals surface area contributed by atoms with Gasteiger partial charge >= 0.3 is 0 Å². The predicted octanol–water partition coefficient (Wildman–Crippen LogP) is 3.18. The molecule has 0 saturated carbocycles. The molecule has 1 unspecified atom stereocenters. The van der Waals surface area contributed by atoms with Gasteiger partial charge < -0.3 is 15.0 Å². The number of carbonyl (C=O) groups is 2. The first kappa shape index (κ1) is 19.0. The number of carbonyl (C=O) groups excluding carboxylic acids is 2. The summed E-state index contributed by atoms with van der Waals surface area (Å²) in [4.78, 5) is 26.7. The van der Waals surface area contributed by atoms with Crippen molar-refractivity contribution in [2.24, 2.45) is 0 Å². The van der Waals surface area contributed by atoms with Crippen molar-refractivity contribution in [2.45, 2.75) is 38.8 Å². The van der Waals surface area contributed by atoms with Crippen LogP contribution in [0.3, 0.4) is 0 Å². The predicted molar refractivity (Wildman–Crippen MR) is 105 cm³/mol. The summed E-state index contributed by atoms with van der Waals surface area (Å²) in [6, 6.07) is 17.0. The molecule has 1 heterocycles. The maximum absolute atomic E-state index is 12.6. The van der Waals surface area contributed by atoms with E-state index >= 15 is 0 Å². The molecule has 1 N–H and O–H groups in total. The first-order valence-electron chi connectivity index (χ1n) is 9.41. The smallest absolute Gasteiger partial charge is 0.263 e. The highest BCUT2D eigenvalue weighted by Crippen LogP contribution is 2.17. The number of amides is 2. The summed E-state index contributed by atoms with van der Waals surface area (Å²) in [5.41, 5.74) is 1.82. The normalized spacial score (nSPS) is 15.9. The van der Waals surface area contributed by atoms with E-state index in [1.807, 2.05) is 54.3 Å². The summed E-state index contributed by atoms with van der Waals surface area (Å²) in [6.07, 6.45) is 0.978. The Kier molecular flexibility index (Phi) is 6.12. The largest absolute Gasteiger partial charge is 0.481 e. The standard InChI is InChI=1S/C22H26N2O3/c1-16-8-10-20(11-9-16)27-17(2)22(26)24-14-12-19(13-15-24)23-21(25)18-6-4-3-5-7-18/h3-11,17,19H,12-15H2,1-2H3,(H,23,25). The van der Waals surface area contributed by atoms with Crippen LogP contribution in [0.15, 0.2) is 54.6 Å². The molecule has 142 valence electrons. The molecule has 5 nitrogen and oxygen atoms in total. The molecule has 1 fully saturated rings. The van der Waals surface area contributed by atoms with Gasteiger partial charge in [0.05, 0.1) is 0 Å². The second-order valence-electron chi connectivity index (χ2n) is 7.01. The molecule has 1 aliphatic heterocycles. The van der Waals surface area contributed by atoms with E-state index in [0.717, 1.165) is 18.4 Å². The monoisotopic (exact) mass is 366 g/mol. The van der Waals surface area contributed by atoms with E-state index in [0.29, 0.717) is 24.4 Å². The van der Waals surface area contributed by atoms with Crippen LogP contribution in [0.1, 0.15) is 35.7 Å². The van der Waals surface area contributed by atoms with Gasteiger partial charge in [0.2, 0.25) is 0 Å². The van der Waals surface area contributed by atoms with E-state index in [-0.39, 0.29) is 17.9 Å². The molecule has 0 aliphatic carbocycles. The van der Waals surface area contributed by atoms with Gasteiger partial charge in [0.25, 0.3) is 11.8 Å². The van der Waals surface area contributed by atoms with Crippen molar-refractivity contribution in [3.05, 3.63) is 65.7 Å². The number of piperidine rings is 1. The second kappa shape index (κ2) is 8.71. The van der Waals surface area contributed by atoms with Gasteiger partial charge in [-0.3, -0.25) is 9.59 Å². The Morgan fingerprint density at radius 2 is 1.67 bits per heavy atom. The third kappa shape index (κ3) is 5.09. The van der Waals surface area contributed by atoms with Gasteiger partial charge in [-0.1, -0.05) is 35.9 Å². The number of hydrogen-bond donors (Lipinski definition) is 1. The Bertz CT molecular complexity index is 766. The topological polar surface area (TPSA) is 58.6 Å². The lowest BCUT2D eigenvalue weighted by molar-refractivity contribution is -0.139. The minimum atomic E-state index is -0.525. The van der Waals surface area contributed by atoms with Crippen molar-refractivity contribution in [3.8, 4) is 5.75 Å². The van der Waals surface area contributed by atoms with Crippen molar-refractivity contribution in [3.63, 3.8) is 0 Å². The third-order valence-electron chi connectivity index (χ3n) is 4.86. The summed E-state index contributed by atoms with van der Waals surface area (Å²) in [5, 5.41) is 3.06. The molecule has 2 amide bonds. The first-order chi connectivity index (χ1) is 13.0. The van der Waals surface area contributed by atoms with Crippen molar-refractivity contribution in [2.75, 3.05) is 13.1 Å². The molecule has 0 aromatic heterocycles. The van der Waals surface area contributed by atoms with Crippen LogP contribution in [0.4, 0.5) is 0 Å². The highest BCUT2D eigenvalue weighted by molar-refractivity contribution is 5.94. The molecule has 0 radical (unpaired) electrons. The Labute approximate surface area is 160 Å². The van der Waals surface area contributed by atoms with Gasteiger partial charge in [-0.25, -0.2) is 0 Å². The van der Waals surface area contributed by atoms with E-state index in [1.54, 1.807) is 19.1 Å². The van der Waals surface area contributed by atoms with Crippen LogP contribution in [-0.2, 0) is 4.79 Å². The van der Waals surface area contributed by atoms with E-state index in [1.165, 1.54) is 0 Å². The lowest BCUT2D eigenvalue weighted by atomic mass is 10.0. The Balaban J connectivity index is 1.47. The number of rotatable bonds is 5. The zero-order chi connectivity index (χ0) is 19.2. The molecule has 1 atom stereocenters. The molecule has 5 heteroatoms. The van der Waals surface area contributed by atoms with Crippen molar-refractivity contribution < 1.29 is 14.3 Å². The number of nitrogens with one attached hydrogen (secondary N) is 1. The molecule has 2 aromatic carbocycles. The number of likely N-dealkylation sites (tertiary alicyclic amines) is 1. The summed E-state index contributed by atoms with van der Waals surface area (Å²) >= 11 is 0. The Morgan fingerprint density at radius 1 is 1.04 bits per heavy atom. The number of ether oxygens (including phenoxy) is 1. The summed E-state index contributed by atoms with van der Waals surface area (Å²) in [7, 11) is 0. The van der Waals surface area contributed by atoms with Gasteiger partial charge in [-0.15, -0.1) is 0 Å². The Morgan fingerprint density at radius 3 is 2.30 bits per heavy atom. The Hall–Kier alpha value is -2.82. The van der Waals surface area contributed by atoms with Crippen LogP contribution < -0.4 is 10.1 Å². The van der Waals surface area contributed by atoms with Crippen molar-refractivity contribution in [1.82, 2.24) is 10.2 Å². The highest BCUT2D eigenvalue weighted by Gasteiger charge is 2.27. The quantitative estimate of drug-likeness (QED) is 0.884. The van der Waals surface area contributed by atoms with Crippen LogP contribution in [0.5, 0.6) is 5.75 Å². The molecule has 1 saturated heterocycles. The fourth-order valence-electron chi connectivity index (χ4n) is 3.23. The average molecular weight is 366 g/mol. The summed E-state index contributed by atoms with van der Waals surface area (Å²) in [6.45, 7) is 5.05. The van der Waals surface area contributed by atoms with Crippen molar-refractivity contribution in [1.29, 1.82) is 0 Å². The fourth-order valence-corrected chi connectivity index (χ4v) is 3.23. The maximum Gasteiger partial charge on any atom is 0.263 e. The molecular weight excluding hydrogens is 340 g/mol. The number of hydrogen-bond acceptors (Lipinski definition) is 3. The molecular formula is C22H26N2O3. The third-order valence-corrected chi connectivity index (χ3v) is 4.86. The van der Waals surface area contributed by atoms with Gasteiger partial charge in [-0.05, 0) is 51.0 Å². The van der Waals surface area contributed by atoms with Crippen LogP contribution in [0.2, 0.25) is 0 Å². The van der Waals surface area contributed by atoms with Gasteiger partial charge in [0, 0.05) is 24.7 Å². The molecule has 2 aromatic rings. The SMILES string of the molecule is Cc1ccc(OC(C)C(=O)N2CCC(NC(=O)c3ccccc3)CC2)cc1. The zero-order valence-corrected chi connectivity index (χ0v) is 15.9. The molecule has 0 spiro atoms. The lowest BCUT2D eigenvalue weighted by Gasteiger charge is -2.33. The van der Waals surface area contributed by atoms with E-state index in [2.05, 4.69) is 5.32 Å². The first-order valence-corrected chi connectivity index (χ1v) is 9.41. The minimum absolute atomic E-state index is 0.0107. The number of nitrogens with zero attached hydrogens (tertiary/aromatic N) is 1. The molecule has 3 rings (SSSR count). The number of aryl methyl sites for hydroxylation is 1. The van der Waals surface area contributed by atoms with Crippen LogP contribution >= 0.6 is 0 Å². The van der Waals surface area contributed by atoms with Gasteiger partial charge in [0.15, 0.2) is 6.10 Å². The summed E-state index contributed by atoms with van der Waals surface area (Å²) < 4.78 is 5.77. The minimum Gasteiger partial charge on any atom is -0.481 e. The highest BCUT2D eigenvalue weighted by atomic mass is 16.5. The van der Waals surface area contributed by atoms with Gasteiger partial charge in [0.1, 0.15) is 5.75 Å². The second-order valence-corrected chi connectivity index (χ2v) is 7.01. The number of benzene rings is 2. The van der Waals surface area contributed by atoms with E-state index in [9.17, 15) is 9.59 Å². The van der Waals surface area contributed by atoms with Gasteiger partial charge in [-0.2, -0.15) is 0 Å². The zero-order valence-electron chi connectivity index (χ0n) is 15.9. The average Bonchev–Trinajstić information content (AvgIpc) is 2.70.